The fraction of sp³-hybridized carbons (Fsp3) is 0.0769. The van der Waals surface area contributed by atoms with Crippen LogP contribution >= 0.6 is 0 Å². The summed E-state index contributed by atoms with van der Waals surface area (Å²) in [4.78, 5) is 15.6. The Bertz CT molecular complexity index is 673. The lowest BCUT2D eigenvalue weighted by atomic mass is 9.91. The minimum Gasteiger partial charge on any atom is -0.370 e. The van der Waals surface area contributed by atoms with Crippen molar-refractivity contribution in [3.63, 3.8) is 0 Å². The Morgan fingerprint density at radius 2 is 1.89 bits per heavy atom. The standard InChI is InChI=1S/C13H8F2N2O2/c14-7-1-3-10-9(5-7)13(19,12(18)17-10)11-4-2-8(15)6-16-11/h1-6,19H,(H,17,18). The molecule has 0 radical (unpaired) electrons. The lowest BCUT2D eigenvalue weighted by molar-refractivity contribution is -0.130. The van der Waals surface area contributed by atoms with Crippen LogP contribution in [0.1, 0.15) is 11.3 Å². The first-order valence-corrected chi connectivity index (χ1v) is 5.47. The van der Waals surface area contributed by atoms with Gasteiger partial charge in [0.15, 0.2) is 0 Å². The molecule has 3 rings (SSSR count). The number of nitrogens with one attached hydrogen (secondary N) is 1. The molecule has 0 aliphatic carbocycles. The predicted molar refractivity (Wildman–Crippen MR) is 62.2 cm³/mol. The first-order chi connectivity index (χ1) is 9.01. The first-order valence-electron chi connectivity index (χ1n) is 5.47. The number of hydrogen-bond acceptors (Lipinski definition) is 3. The second kappa shape index (κ2) is 3.83. The van der Waals surface area contributed by atoms with Crippen LogP contribution in [0.2, 0.25) is 0 Å². The monoisotopic (exact) mass is 262 g/mol. The van der Waals surface area contributed by atoms with Crippen LogP contribution < -0.4 is 5.32 Å². The summed E-state index contributed by atoms with van der Waals surface area (Å²) in [5.74, 6) is -1.92. The first kappa shape index (κ1) is 11.7. The second-order valence-electron chi connectivity index (χ2n) is 4.22. The topological polar surface area (TPSA) is 62.2 Å². The average molecular weight is 262 g/mol. The van der Waals surface area contributed by atoms with Crippen molar-refractivity contribution in [3.8, 4) is 0 Å². The highest BCUT2D eigenvalue weighted by Crippen LogP contribution is 2.40. The Morgan fingerprint density at radius 1 is 1.16 bits per heavy atom. The molecule has 1 atom stereocenters. The summed E-state index contributed by atoms with van der Waals surface area (Å²) in [6.07, 6.45) is 0.887. The number of nitrogens with zero attached hydrogens (tertiary/aromatic N) is 1. The van der Waals surface area contributed by atoms with Crippen molar-refractivity contribution in [2.75, 3.05) is 5.32 Å². The molecule has 1 aromatic heterocycles. The minimum atomic E-state index is -2.11. The van der Waals surface area contributed by atoms with E-state index in [1.807, 2.05) is 0 Å². The molecule has 96 valence electrons. The maximum absolute atomic E-state index is 13.3. The highest BCUT2D eigenvalue weighted by molar-refractivity contribution is 6.06. The van der Waals surface area contributed by atoms with Gasteiger partial charge in [-0.2, -0.15) is 0 Å². The number of aliphatic hydroxyl groups is 1. The molecule has 1 amide bonds. The molecule has 19 heavy (non-hydrogen) atoms. The zero-order valence-electron chi connectivity index (χ0n) is 9.52. The molecule has 2 aromatic rings. The van der Waals surface area contributed by atoms with Gasteiger partial charge in [-0.15, -0.1) is 0 Å². The third-order valence-corrected chi connectivity index (χ3v) is 3.05. The van der Waals surface area contributed by atoms with Gasteiger partial charge in [-0.25, -0.2) is 8.78 Å². The van der Waals surface area contributed by atoms with Crippen LogP contribution in [0, 0.1) is 11.6 Å². The molecule has 1 aliphatic heterocycles. The summed E-state index contributed by atoms with van der Waals surface area (Å²) in [5, 5.41) is 13.0. The van der Waals surface area contributed by atoms with Crippen LogP contribution in [0.4, 0.5) is 14.5 Å². The molecular formula is C13H8F2N2O2. The molecule has 2 heterocycles. The smallest absolute Gasteiger partial charge is 0.267 e. The third kappa shape index (κ3) is 1.61. The van der Waals surface area contributed by atoms with Crippen LogP contribution in [-0.2, 0) is 10.4 Å². The SMILES string of the molecule is O=C1Nc2ccc(F)cc2C1(O)c1ccc(F)cn1. The van der Waals surface area contributed by atoms with E-state index < -0.39 is 23.1 Å². The lowest BCUT2D eigenvalue weighted by Crippen LogP contribution is -2.36. The van der Waals surface area contributed by atoms with Gasteiger partial charge >= 0.3 is 0 Å². The number of benzene rings is 1. The molecule has 0 saturated carbocycles. The summed E-state index contributed by atoms with van der Waals surface area (Å²) >= 11 is 0. The number of carbonyl (C=O) groups is 1. The van der Waals surface area contributed by atoms with Gasteiger partial charge in [0.1, 0.15) is 11.6 Å². The summed E-state index contributed by atoms with van der Waals surface area (Å²) < 4.78 is 26.1. The predicted octanol–water partition coefficient (Wildman–Crippen LogP) is 1.55. The normalized spacial score (nSPS) is 21.1. The van der Waals surface area contributed by atoms with E-state index in [1.165, 1.54) is 18.2 Å². The van der Waals surface area contributed by atoms with Gasteiger partial charge in [0.25, 0.3) is 5.91 Å². The molecule has 0 spiro atoms. The highest BCUT2D eigenvalue weighted by Gasteiger charge is 2.48. The molecular weight excluding hydrogens is 254 g/mol. The van der Waals surface area contributed by atoms with E-state index in [9.17, 15) is 18.7 Å². The fourth-order valence-electron chi connectivity index (χ4n) is 2.10. The summed E-state index contributed by atoms with van der Waals surface area (Å²) in [7, 11) is 0. The average Bonchev–Trinajstić information content (AvgIpc) is 2.64. The molecule has 1 aromatic carbocycles. The van der Waals surface area contributed by atoms with Crippen molar-refractivity contribution in [2.45, 2.75) is 5.60 Å². The quantitative estimate of drug-likeness (QED) is 0.819. The zero-order valence-corrected chi connectivity index (χ0v) is 9.52. The van der Waals surface area contributed by atoms with E-state index in [1.54, 1.807) is 0 Å². The molecule has 6 heteroatoms. The molecule has 0 saturated heterocycles. The molecule has 0 bridgehead atoms. The zero-order chi connectivity index (χ0) is 13.6. The van der Waals surface area contributed by atoms with Crippen LogP contribution in [0.5, 0.6) is 0 Å². The number of aromatic nitrogens is 1. The Morgan fingerprint density at radius 3 is 2.58 bits per heavy atom. The van der Waals surface area contributed by atoms with Crippen molar-refractivity contribution in [2.24, 2.45) is 0 Å². The van der Waals surface area contributed by atoms with Gasteiger partial charge in [0.05, 0.1) is 11.9 Å². The van der Waals surface area contributed by atoms with E-state index in [2.05, 4.69) is 10.3 Å². The number of carbonyl (C=O) groups excluding carboxylic acids is 1. The van der Waals surface area contributed by atoms with E-state index in [-0.39, 0.29) is 11.3 Å². The van der Waals surface area contributed by atoms with Crippen LogP contribution in [-0.4, -0.2) is 16.0 Å². The second-order valence-corrected chi connectivity index (χ2v) is 4.22. The largest absolute Gasteiger partial charge is 0.370 e. The van der Waals surface area contributed by atoms with E-state index >= 15 is 0 Å². The molecule has 0 fully saturated rings. The van der Waals surface area contributed by atoms with Crippen LogP contribution in [0.15, 0.2) is 36.5 Å². The van der Waals surface area contributed by atoms with Crippen molar-refractivity contribution in [3.05, 3.63) is 59.4 Å². The maximum Gasteiger partial charge on any atom is 0.267 e. The van der Waals surface area contributed by atoms with Gasteiger partial charge in [0.2, 0.25) is 5.60 Å². The number of hydrogen-bond donors (Lipinski definition) is 2. The number of pyridine rings is 1. The van der Waals surface area contributed by atoms with Gasteiger partial charge in [-0.1, -0.05) is 0 Å². The van der Waals surface area contributed by atoms with Crippen molar-refractivity contribution in [1.29, 1.82) is 0 Å². The number of halogens is 2. The fourth-order valence-corrected chi connectivity index (χ4v) is 2.10. The van der Waals surface area contributed by atoms with Crippen molar-refractivity contribution in [1.82, 2.24) is 4.98 Å². The Balaban J connectivity index is 2.21. The number of fused-ring (bicyclic) bond motifs is 1. The van der Waals surface area contributed by atoms with Crippen LogP contribution in [0.25, 0.3) is 0 Å². The maximum atomic E-state index is 13.3. The van der Waals surface area contributed by atoms with Gasteiger partial charge in [-0.05, 0) is 30.3 Å². The molecule has 1 aliphatic rings. The molecule has 4 nitrogen and oxygen atoms in total. The lowest BCUT2D eigenvalue weighted by Gasteiger charge is -2.19. The molecule has 1 unspecified atom stereocenters. The van der Waals surface area contributed by atoms with Crippen molar-refractivity contribution >= 4 is 11.6 Å². The summed E-state index contributed by atoms with van der Waals surface area (Å²) in [6, 6.07) is 5.84. The third-order valence-electron chi connectivity index (χ3n) is 3.05. The van der Waals surface area contributed by atoms with Gasteiger partial charge in [0, 0.05) is 11.3 Å². The number of anilines is 1. The van der Waals surface area contributed by atoms with E-state index in [4.69, 9.17) is 0 Å². The van der Waals surface area contributed by atoms with E-state index in [0.29, 0.717) is 5.69 Å². The molecule has 2 N–H and O–H groups in total. The van der Waals surface area contributed by atoms with Gasteiger partial charge in [-0.3, -0.25) is 9.78 Å². The Hall–Kier alpha value is -2.34. The minimum absolute atomic E-state index is 0.0595. The number of rotatable bonds is 1. The summed E-state index contributed by atoms with van der Waals surface area (Å²) in [6.45, 7) is 0. The summed E-state index contributed by atoms with van der Waals surface area (Å²) in [5.41, 5.74) is -1.79. The Kier molecular flexibility index (Phi) is 2.36. The van der Waals surface area contributed by atoms with Gasteiger partial charge < -0.3 is 10.4 Å². The highest BCUT2D eigenvalue weighted by atomic mass is 19.1. The Labute approximate surface area is 106 Å². The van der Waals surface area contributed by atoms with E-state index in [0.717, 1.165) is 18.3 Å². The number of amides is 1. The van der Waals surface area contributed by atoms with Crippen LogP contribution in [0.3, 0.4) is 0 Å². The van der Waals surface area contributed by atoms with Crippen molar-refractivity contribution < 1.29 is 18.7 Å².